The molecule has 1 aliphatic heterocycles. The second-order valence-corrected chi connectivity index (χ2v) is 4.98. The molecule has 0 aromatic carbocycles. The molecule has 1 atom stereocenters. The van der Waals surface area contributed by atoms with Gasteiger partial charge in [-0.15, -0.1) is 11.3 Å². The molecule has 1 unspecified atom stereocenters. The molecule has 0 radical (unpaired) electrons. The van der Waals surface area contributed by atoms with Gasteiger partial charge in [-0.25, -0.2) is 9.97 Å². The number of fused-ring (bicyclic) bond motifs is 1. The molecule has 0 amide bonds. The number of nitrogens with one attached hydrogen (secondary N) is 1. The average molecular weight is 234 g/mol. The van der Waals surface area contributed by atoms with E-state index in [0.717, 1.165) is 30.3 Å². The van der Waals surface area contributed by atoms with Crippen LogP contribution in [0.1, 0.15) is 6.92 Å². The predicted molar refractivity (Wildman–Crippen MR) is 67.1 cm³/mol. The second-order valence-electron chi connectivity index (χ2n) is 4.08. The van der Waals surface area contributed by atoms with E-state index in [2.05, 4.69) is 38.6 Å². The Labute approximate surface area is 98.3 Å². The first-order chi connectivity index (χ1) is 7.86. The summed E-state index contributed by atoms with van der Waals surface area (Å²) in [5.74, 6) is 1.08. The number of anilines is 1. The predicted octanol–water partition coefficient (Wildman–Crippen LogP) is 1.49. The van der Waals surface area contributed by atoms with Crippen molar-refractivity contribution in [3.63, 3.8) is 0 Å². The van der Waals surface area contributed by atoms with E-state index in [9.17, 15) is 0 Å². The van der Waals surface area contributed by atoms with Crippen molar-refractivity contribution in [3.05, 3.63) is 17.8 Å². The lowest BCUT2D eigenvalue weighted by atomic mass is 10.2. The number of aromatic nitrogens is 2. The zero-order chi connectivity index (χ0) is 11.0. The summed E-state index contributed by atoms with van der Waals surface area (Å²) < 4.78 is 0. The summed E-state index contributed by atoms with van der Waals surface area (Å²) in [7, 11) is 0. The maximum absolute atomic E-state index is 4.45. The molecular weight excluding hydrogens is 220 g/mol. The first kappa shape index (κ1) is 9.99. The summed E-state index contributed by atoms with van der Waals surface area (Å²) in [6.45, 7) is 5.30. The minimum atomic E-state index is 0.492. The standard InChI is InChI=1S/C11H14N4S/c1-8-6-12-3-4-15(8)10-9-2-5-16-11(9)14-7-13-10/h2,5,7-8,12H,3-4,6H2,1H3. The molecule has 1 N–H and O–H groups in total. The summed E-state index contributed by atoms with van der Waals surface area (Å²) in [4.78, 5) is 12.2. The molecule has 5 heteroatoms. The average Bonchev–Trinajstić information content (AvgIpc) is 2.77. The molecule has 84 valence electrons. The summed E-state index contributed by atoms with van der Waals surface area (Å²) in [6.07, 6.45) is 1.67. The Bertz CT molecular complexity index is 495. The van der Waals surface area contributed by atoms with Gasteiger partial charge in [-0.05, 0) is 18.4 Å². The van der Waals surface area contributed by atoms with Crippen LogP contribution < -0.4 is 10.2 Å². The van der Waals surface area contributed by atoms with Crippen LogP contribution in [0.3, 0.4) is 0 Å². The summed E-state index contributed by atoms with van der Waals surface area (Å²) >= 11 is 1.67. The van der Waals surface area contributed by atoms with Gasteiger partial charge >= 0.3 is 0 Å². The Kier molecular flexibility index (Phi) is 2.49. The van der Waals surface area contributed by atoms with Gasteiger partial charge in [0.05, 0.1) is 5.39 Å². The fourth-order valence-corrected chi connectivity index (χ4v) is 2.89. The van der Waals surface area contributed by atoms with Crippen LogP contribution in [0.25, 0.3) is 10.2 Å². The van der Waals surface area contributed by atoms with Gasteiger partial charge in [0.1, 0.15) is 17.0 Å². The summed E-state index contributed by atoms with van der Waals surface area (Å²) in [5, 5.41) is 6.65. The quantitative estimate of drug-likeness (QED) is 0.811. The van der Waals surface area contributed by atoms with Crippen LogP contribution in [0.5, 0.6) is 0 Å². The van der Waals surface area contributed by atoms with Gasteiger partial charge in [0, 0.05) is 25.7 Å². The molecule has 4 nitrogen and oxygen atoms in total. The molecule has 16 heavy (non-hydrogen) atoms. The highest BCUT2D eigenvalue weighted by atomic mass is 32.1. The van der Waals surface area contributed by atoms with Crippen molar-refractivity contribution in [3.8, 4) is 0 Å². The molecular formula is C11H14N4S. The maximum Gasteiger partial charge on any atom is 0.141 e. The highest BCUT2D eigenvalue weighted by Crippen LogP contribution is 2.28. The molecule has 1 fully saturated rings. The highest BCUT2D eigenvalue weighted by Gasteiger charge is 2.21. The minimum Gasteiger partial charge on any atom is -0.351 e. The molecule has 0 saturated carbocycles. The zero-order valence-electron chi connectivity index (χ0n) is 9.18. The number of thiophene rings is 1. The van der Waals surface area contributed by atoms with Crippen molar-refractivity contribution >= 4 is 27.4 Å². The molecule has 1 saturated heterocycles. The van der Waals surface area contributed by atoms with Crippen molar-refractivity contribution in [2.45, 2.75) is 13.0 Å². The number of nitrogens with zero attached hydrogens (tertiary/aromatic N) is 3. The lowest BCUT2D eigenvalue weighted by Gasteiger charge is -2.35. The normalized spacial score (nSPS) is 21.6. The largest absolute Gasteiger partial charge is 0.351 e. The van der Waals surface area contributed by atoms with Crippen LogP contribution in [0.15, 0.2) is 17.8 Å². The van der Waals surface area contributed by atoms with E-state index < -0.39 is 0 Å². The van der Waals surface area contributed by atoms with Crippen LogP contribution in [0.4, 0.5) is 5.82 Å². The van der Waals surface area contributed by atoms with Crippen LogP contribution in [0.2, 0.25) is 0 Å². The molecule has 0 bridgehead atoms. The number of rotatable bonds is 1. The van der Waals surface area contributed by atoms with Crippen LogP contribution in [0, 0.1) is 0 Å². The maximum atomic E-state index is 4.45. The van der Waals surface area contributed by atoms with Crippen molar-refractivity contribution in [2.24, 2.45) is 0 Å². The van der Waals surface area contributed by atoms with Crippen LogP contribution >= 0.6 is 11.3 Å². The molecule has 2 aromatic rings. The SMILES string of the molecule is CC1CNCCN1c1ncnc2sccc12. The van der Waals surface area contributed by atoms with Crippen molar-refractivity contribution in [2.75, 3.05) is 24.5 Å². The first-order valence-corrected chi connectivity index (χ1v) is 6.40. The fourth-order valence-electron chi connectivity index (χ4n) is 2.16. The second kappa shape index (κ2) is 3.99. The van der Waals surface area contributed by atoms with Crippen molar-refractivity contribution in [1.29, 1.82) is 0 Å². The molecule has 1 aliphatic rings. The van der Waals surface area contributed by atoms with Gasteiger partial charge in [-0.1, -0.05) is 0 Å². The summed E-state index contributed by atoms with van der Waals surface area (Å²) in [6, 6.07) is 2.61. The first-order valence-electron chi connectivity index (χ1n) is 5.52. The Balaban J connectivity index is 2.07. The monoisotopic (exact) mass is 234 g/mol. The number of piperazine rings is 1. The van der Waals surface area contributed by atoms with E-state index in [1.807, 2.05) is 0 Å². The Hall–Kier alpha value is -1.20. The van der Waals surface area contributed by atoms with Gasteiger partial charge in [-0.2, -0.15) is 0 Å². The van der Waals surface area contributed by atoms with Crippen molar-refractivity contribution < 1.29 is 0 Å². The van der Waals surface area contributed by atoms with Gasteiger partial charge in [-0.3, -0.25) is 0 Å². The lowest BCUT2D eigenvalue weighted by molar-refractivity contribution is 0.498. The lowest BCUT2D eigenvalue weighted by Crippen LogP contribution is -2.50. The number of hydrogen-bond acceptors (Lipinski definition) is 5. The van der Waals surface area contributed by atoms with E-state index in [1.54, 1.807) is 17.7 Å². The van der Waals surface area contributed by atoms with Gasteiger partial charge in [0.2, 0.25) is 0 Å². The Morgan fingerprint density at radius 3 is 3.31 bits per heavy atom. The molecule has 0 aliphatic carbocycles. The molecule has 2 aromatic heterocycles. The minimum absolute atomic E-state index is 0.492. The highest BCUT2D eigenvalue weighted by molar-refractivity contribution is 7.16. The smallest absolute Gasteiger partial charge is 0.141 e. The van der Waals surface area contributed by atoms with Crippen LogP contribution in [-0.4, -0.2) is 35.6 Å². The number of hydrogen-bond donors (Lipinski definition) is 1. The van der Waals surface area contributed by atoms with Crippen LogP contribution in [-0.2, 0) is 0 Å². The Morgan fingerprint density at radius 1 is 1.50 bits per heavy atom. The molecule has 3 rings (SSSR count). The van der Waals surface area contributed by atoms with Crippen molar-refractivity contribution in [1.82, 2.24) is 15.3 Å². The topological polar surface area (TPSA) is 41.0 Å². The van der Waals surface area contributed by atoms with E-state index in [1.165, 1.54) is 5.39 Å². The summed E-state index contributed by atoms with van der Waals surface area (Å²) in [5.41, 5.74) is 0. The van der Waals surface area contributed by atoms with Gasteiger partial charge < -0.3 is 10.2 Å². The van der Waals surface area contributed by atoms with Gasteiger partial charge in [0.15, 0.2) is 0 Å². The third-order valence-corrected chi connectivity index (χ3v) is 3.83. The fraction of sp³-hybridized carbons (Fsp3) is 0.455. The third-order valence-electron chi connectivity index (χ3n) is 3.01. The third kappa shape index (κ3) is 1.56. The molecule has 0 spiro atoms. The molecule has 3 heterocycles. The Morgan fingerprint density at radius 2 is 2.44 bits per heavy atom. The van der Waals surface area contributed by atoms with E-state index in [4.69, 9.17) is 0 Å². The zero-order valence-corrected chi connectivity index (χ0v) is 10.00. The van der Waals surface area contributed by atoms with E-state index >= 15 is 0 Å². The van der Waals surface area contributed by atoms with Gasteiger partial charge in [0.25, 0.3) is 0 Å². The van der Waals surface area contributed by atoms with E-state index in [-0.39, 0.29) is 0 Å². The van der Waals surface area contributed by atoms with E-state index in [0.29, 0.717) is 6.04 Å².